The molecule has 0 spiro atoms. The molecule has 8 heteroatoms. The molecule has 7 nitrogen and oxygen atoms in total. The van der Waals surface area contributed by atoms with Gasteiger partial charge in [0.25, 0.3) is 0 Å². The molecule has 3 N–H and O–H groups in total. The van der Waals surface area contributed by atoms with E-state index >= 15 is 0 Å². The van der Waals surface area contributed by atoms with Gasteiger partial charge in [0, 0.05) is 42.8 Å². The summed E-state index contributed by atoms with van der Waals surface area (Å²) in [6, 6.07) is -0.312. The number of hydrogen-bond donors (Lipinski definition) is 2. The Kier molecular flexibility index (Phi) is 13.4. The molecule has 0 saturated heterocycles. The fourth-order valence-corrected chi connectivity index (χ4v) is 5.04. The summed E-state index contributed by atoms with van der Waals surface area (Å²) in [4.78, 5) is 29.8. The topological polar surface area (TPSA) is 104 Å². The Bertz CT molecular complexity index is 1080. The van der Waals surface area contributed by atoms with Crippen LogP contribution >= 0.6 is 11.3 Å². The number of ether oxygens (including phenoxy) is 2. The van der Waals surface area contributed by atoms with Crippen molar-refractivity contribution in [3.8, 4) is 0 Å². The van der Waals surface area contributed by atoms with Crippen LogP contribution in [0.2, 0.25) is 0 Å². The van der Waals surface area contributed by atoms with Crippen molar-refractivity contribution in [3.05, 3.63) is 75.3 Å². The summed E-state index contributed by atoms with van der Waals surface area (Å²) in [7, 11) is 1.91. The Morgan fingerprint density at radius 1 is 1.16 bits per heavy atom. The van der Waals surface area contributed by atoms with Crippen molar-refractivity contribution < 1.29 is 19.1 Å². The summed E-state index contributed by atoms with van der Waals surface area (Å²) in [5, 5.41) is 6.00. The fourth-order valence-electron chi connectivity index (χ4n) is 4.08. The van der Waals surface area contributed by atoms with E-state index in [0.717, 1.165) is 34.0 Å². The van der Waals surface area contributed by atoms with Crippen molar-refractivity contribution >= 4 is 23.3 Å². The Morgan fingerprint density at radius 3 is 2.63 bits per heavy atom. The molecular weight excluding hydrogens is 498 g/mol. The number of nitrogens with zero attached hydrogens (tertiary/aromatic N) is 1. The van der Waals surface area contributed by atoms with E-state index < -0.39 is 12.1 Å². The molecule has 4 atom stereocenters. The maximum Gasteiger partial charge on any atom is 0.331 e. The summed E-state index contributed by atoms with van der Waals surface area (Å²) in [5.41, 5.74) is 10.3. The molecule has 1 aliphatic heterocycles. The molecule has 1 aliphatic rings. The third-order valence-corrected chi connectivity index (χ3v) is 6.93. The maximum absolute atomic E-state index is 12.7. The third-order valence-electron chi connectivity index (χ3n) is 6.04. The lowest BCUT2D eigenvalue weighted by Gasteiger charge is -2.18. The number of cyclic esters (lactones) is 2. The number of rotatable bonds is 5. The van der Waals surface area contributed by atoms with Crippen molar-refractivity contribution in [2.75, 3.05) is 13.6 Å². The molecular formula is C30H43N3O4S. The largest absolute Gasteiger partial charge is 0.462 e. The highest BCUT2D eigenvalue weighted by atomic mass is 32.1. The van der Waals surface area contributed by atoms with Gasteiger partial charge in [0.05, 0.1) is 17.1 Å². The van der Waals surface area contributed by atoms with Crippen molar-refractivity contribution in [2.24, 2.45) is 5.73 Å². The number of esters is 2. The Balaban J connectivity index is 2.30. The average molecular weight is 542 g/mol. The lowest BCUT2D eigenvalue weighted by atomic mass is 9.98. The first kappa shape index (κ1) is 31.4. The van der Waals surface area contributed by atoms with E-state index in [0.29, 0.717) is 19.3 Å². The Labute approximate surface area is 231 Å². The van der Waals surface area contributed by atoms with Crippen LogP contribution in [0.3, 0.4) is 0 Å². The number of allylic oxidation sites excluding steroid dienone is 6. The fraction of sp³-hybridized carbons (Fsp3) is 0.500. The molecule has 2 heterocycles. The van der Waals surface area contributed by atoms with Gasteiger partial charge in [-0.15, -0.1) is 11.3 Å². The van der Waals surface area contributed by atoms with Gasteiger partial charge in [-0.2, -0.15) is 0 Å². The van der Waals surface area contributed by atoms with Gasteiger partial charge in [-0.3, -0.25) is 4.79 Å². The Hall–Kier alpha value is -2.81. The average Bonchev–Trinajstić information content (AvgIpc) is 3.29. The summed E-state index contributed by atoms with van der Waals surface area (Å²) in [6.07, 6.45) is 14.1. The van der Waals surface area contributed by atoms with Crippen LogP contribution in [0.15, 0.2) is 64.6 Å². The smallest absolute Gasteiger partial charge is 0.331 e. The molecule has 0 amide bonds. The van der Waals surface area contributed by atoms with E-state index in [2.05, 4.69) is 18.3 Å². The third kappa shape index (κ3) is 12.2. The second-order valence-electron chi connectivity index (χ2n) is 10.1. The summed E-state index contributed by atoms with van der Waals surface area (Å²) < 4.78 is 11.4. The van der Waals surface area contributed by atoms with Crippen LogP contribution in [0.1, 0.15) is 70.5 Å². The number of carbonyl (C=O) groups excluding carboxylic acids is 2. The first-order chi connectivity index (χ1) is 18.0. The van der Waals surface area contributed by atoms with E-state index in [9.17, 15) is 9.59 Å². The predicted molar refractivity (Wildman–Crippen MR) is 155 cm³/mol. The molecule has 0 fully saturated rings. The van der Waals surface area contributed by atoms with Crippen LogP contribution < -0.4 is 11.1 Å². The SMILES string of the molecule is CNC/C=C(C)/C=C/C(C)=C/C1Cc2nc(cs2)[C@@H](C)C[C@@H](N)CC(=O)O[C@@H](C)C/C(C)=C/C=C\C(=O)O1. The molecule has 0 aromatic carbocycles. The number of carbonyl (C=O) groups is 2. The zero-order chi connectivity index (χ0) is 28.1. The van der Waals surface area contributed by atoms with E-state index in [1.807, 2.05) is 64.4 Å². The van der Waals surface area contributed by atoms with Crippen LogP contribution in [0, 0.1) is 0 Å². The van der Waals surface area contributed by atoms with Gasteiger partial charge in [0.15, 0.2) is 0 Å². The van der Waals surface area contributed by atoms with Crippen LogP contribution in [-0.4, -0.2) is 48.8 Å². The summed E-state index contributed by atoms with van der Waals surface area (Å²) >= 11 is 1.54. The van der Waals surface area contributed by atoms with Crippen LogP contribution in [0.5, 0.6) is 0 Å². The van der Waals surface area contributed by atoms with Gasteiger partial charge in [-0.1, -0.05) is 54.0 Å². The van der Waals surface area contributed by atoms with E-state index in [1.165, 1.54) is 17.4 Å². The van der Waals surface area contributed by atoms with E-state index in [1.54, 1.807) is 6.08 Å². The number of likely N-dealkylation sites (N-methyl/N-ethyl adjacent to an activating group) is 1. The second kappa shape index (κ2) is 16.2. The number of hydrogen-bond acceptors (Lipinski definition) is 8. The molecule has 1 aromatic rings. The van der Waals surface area contributed by atoms with Gasteiger partial charge in [0.1, 0.15) is 12.2 Å². The predicted octanol–water partition coefficient (Wildman–Crippen LogP) is 5.31. The van der Waals surface area contributed by atoms with Crippen molar-refractivity contribution in [1.29, 1.82) is 0 Å². The summed E-state index contributed by atoms with van der Waals surface area (Å²) in [6.45, 7) is 10.7. The highest BCUT2D eigenvalue weighted by Crippen LogP contribution is 2.25. The van der Waals surface area contributed by atoms with Crippen molar-refractivity contribution in [2.45, 2.75) is 84.5 Å². The Morgan fingerprint density at radius 2 is 1.89 bits per heavy atom. The van der Waals surface area contributed by atoms with Crippen LogP contribution in [-0.2, 0) is 25.5 Å². The number of thiazole rings is 1. The zero-order valence-electron chi connectivity index (χ0n) is 23.5. The van der Waals surface area contributed by atoms with Gasteiger partial charge < -0.3 is 20.5 Å². The zero-order valence-corrected chi connectivity index (χ0v) is 24.3. The molecule has 2 rings (SSSR count). The van der Waals surface area contributed by atoms with E-state index in [-0.39, 0.29) is 30.5 Å². The minimum atomic E-state index is -0.465. The number of nitrogens with one attached hydrogen (secondary N) is 1. The van der Waals surface area contributed by atoms with Gasteiger partial charge in [0.2, 0.25) is 0 Å². The first-order valence-corrected chi connectivity index (χ1v) is 14.0. The van der Waals surface area contributed by atoms with Gasteiger partial charge in [-0.25, -0.2) is 9.78 Å². The van der Waals surface area contributed by atoms with Crippen LogP contribution in [0.25, 0.3) is 0 Å². The monoisotopic (exact) mass is 541 g/mol. The highest BCUT2D eigenvalue weighted by Gasteiger charge is 2.20. The number of aromatic nitrogens is 1. The summed E-state index contributed by atoms with van der Waals surface area (Å²) in [5.74, 6) is -0.637. The molecule has 38 heavy (non-hydrogen) atoms. The molecule has 1 aromatic heterocycles. The van der Waals surface area contributed by atoms with E-state index in [4.69, 9.17) is 20.2 Å². The number of fused-ring (bicyclic) bond motifs is 2. The lowest BCUT2D eigenvalue weighted by Crippen LogP contribution is -2.28. The molecule has 0 radical (unpaired) electrons. The minimum Gasteiger partial charge on any atom is -0.462 e. The standard InChI is InChI=1S/C30H43N3O4S/c1-20(12-13-32-6)10-11-22(3)15-26-18-28-33-27(19-38-28)23(4)16-25(31)17-30(35)36-24(5)14-21(2)8-7-9-29(34)37-26/h7-12,15,19,23-26,32H,13-14,16-18,31H2,1-6H3/b9-7-,11-10+,20-12+,21-8+,22-15+/t23-,24-,25+,26?/m0/s1. The lowest BCUT2D eigenvalue weighted by molar-refractivity contribution is -0.148. The maximum atomic E-state index is 12.7. The van der Waals surface area contributed by atoms with Gasteiger partial charge in [-0.05, 0) is 47.2 Å². The quantitative estimate of drug-likeness (QED) is 0.384. The number of nitrogens with two attached hydrogens (primary N) is 1. The van der Waals surface area contributed by atoms with Crippen molar-refractivity contribution in [1.82, 2.24) is 10.3 Å². The van der Waals surface area contributed by atoms with Crippen LogP contribution in [0.4, 0.5) is 0 Å². The van der Waals surface area contributed by atoms with Crippen molar-refractivity contribution in [3.63, 3.8) is 0 Å². The minimum absolute atomic E-state index is 0.0870. The highest BCUT2D eigenvalue weighted by molar-refractivity contribution is 7.09. The normalized spacial score (nSPS) is 27.5. The first-order valence-electron chi connectivity index (χ1n) is 13.2. The molecule has 0 saturated carbocycles. The molecule has 1 unspecified atom stereocenters. The molecule has 208 valence electrons. The van der Waals surface area contributed by atoms with Gasteiger partial charge >= 0.3 is 11.9 Å². The molecule has 0 aliphatic carbocycles. The molecule has 2 bridgehead atoms. The second-order valence-corrected chi connectivity index (χ2v) is 11.0.